The maximum Gasteiger partial charge on any atom is 0.151 e. The number of hydrogen-bond acceptors (Lipinski definition) is 5. The minimum Gasteiger partial charge on any atom is -0.392 e. The summed E-state index contributed by atoms with van der Waals surface area (Å²) in [6.07, 6.45) is 5.09. The molecule has 0 saturated heterocycles. The highest BCUT2D eigenvalue weighted by atomic mass is 16.3. The Morgan fingerprint density at radius 1 is 1.44 bits per heavy atom. The third-order valence-corrected chi connectivity index (χ3v) is 3.32. The van der Waals surface area contributed by atoms with Crippen LogP contribution in [0.4, 0.5) is 5.82 Å². The maximum absolute atomic E-state index is 10.0. The van der Waals surface area contributed by atoms with Gasteiger partial charge in [0.15, 0.2) is 5.82 Å². The SMILES string of the molecule is Nc1nccc2c1ncn2[C@@H]1C=C(CO)C[C@H]1O. The number of imidazole rings is 1. The lowest BCUT2D eigenvalue weighted by atomic mass is 10.2. The van der Waals surface area contributed by atoms with Crippen LogP contribution in [0.1, 0.15) is 12.5 Å². The number of anilines is 1. The predicted octanol–water partition coefficient (Wildman–Crippen LogP) is 0.238. The normalized spacial score (nSPS) is 23.6. The zero-order valence-corrected chi connectivity index (χ0v) is 9.69. The molecule has 6 heteroatoms. The van der Waals surface area contributed by atoms with Crippen LogP contribution in [-0.4, -0.2) is 37.5 Å². The Labute approximate surface area is 103 Å². The standard InChI is InChI=1S/C12H14N4O2/c13-12-11-8(1-2-14-12)16(6-15-11)9-3-7(5-17)4-10(9)18/h1-3,6,9-10,17-18H,4-5H2,(H2,13,14)/t9-,10-/m1/s1. The van der Waals surface area contributed by atoms with Crippen molar-refractivity contribution >= 4 is 16.9 Å². The molecule has 2 aromatic rings. The smallest absolute Gasteiger partial charge is 0.151 e. The molecular formula is C12H14N4O2. The van der Waals surface area contributed by atoms with Crippen LogP contribution < -0.4 is 5.73 Å². The monoisotopic (exact) mass is 246 g/mol. The molecule has 0 aromatic carbocycles. The quantitative estimate of drug-likeness (QED) is 0.659. The molecule has 0 radical (unpaired) electrons. The van der Waals surface area contributed by atoms with Gasteiger partial charge in [-0.2, -0.15) is 0 Å². The van der Waals surface area contributed by atoms with E-state index < -0.39 is 6.10 Å². The molecule has 6 nitrogen and oxygen atoms in total. The summed E-state index contributed by atoms with van der Waals surface area (Å²) >= 11 is 0. The van der Waals surface area contributed by atoms with E-state index in [1.54, 1.807) is 12.5 Å². The Morgan fingerprint density at radius 3 is 3.00 bits per heavy atom. The van der Waals surface area contributed by atoms with Crippen molar-refractivity contribution in [1.82, 2.24) is 14.5 Å². The molecule has 4 N–H and O–H groups in total. The van der Waals surface area contributed by atoms with Gasteiger partial charge in [-0.25, -0.2) is 9.97 Å². The first-order valence-corrected chi connectivity index (χ1v) is 5.76. The van der Waals surface area contributed by atoms with Crippen LogP contribution in [0, 0.1) is 0 Å². The number of nitrogens with two attached hydrogens (primary N) is 1. The minimum atomic E-state index is -0.543. The summed E-state index contributed by atoms with van der Waals surface area (Å²) in [5, 5.41) is 19.2. The molecule has 0 amide bonds. The lowest BCUT2D eigenvalue weighted by Crippen LogP contribution is -2.17. The van der Waals surface area contributed by atoms with E-state index in [9.17, 15) is 5.11 Å². The molecular weight excluding hydrogens is 232 g/mol. The first kappa shape index (κ1) is 11.2. The molecule has 3 rings (SSSR count). The molecule has 0 bridgehead atoms. The van der Waals surface area contributed by atoms with Crippen LogP contribution in [0.2, 0.25) is 0 Å². The first-order chi connectivity index (χ1) is 8.70. The second kappa shape index (κ2) is 4.08. The van der Waals surface area contributed by atoms with Crippen LogP contribution in [0.5, 0.6) is 0 Å². The van der Waals surface area contributed by atoms with Gasteiger partial charge in [-0.15, -0.1) is 0 Å². The minimum absolute atomic E-state index is 0.0239. The number of rotatable bonds is 2. The summed E-state index contributed by atoms with van der Waals surface area (Å²) in [6, 6.07) is 1.61. The summed E-state index contributed by atoms with van der Waals surface area (Å²) in [4.78, 5) is 8.20. The van der Waals surface area contributed by atoms with Crippen molar-refractivity contribution < 1.29 is 10.2 Å². The van der Waals surface area contributed by atoms with Gasteiger partial charge in [0.1, 0.15) is 5.52 Å². The van der Waals surface area contributed by atoms with Gasteiger partial charge in [-0.1, -0.05) is 6.08 Å². The number of aliphatic hydroxyl groups excluding tert-OH is 2. The molecule has 0 aliphatic heterocycles. The van der Waals surface area contributed by atoms with Gasteiger partial charge < -0.3 is 20.5 Å². The molecule has 2 aromatic heterocycles. The Bertz CT molecular complexity index is 620. The lowest BCUT2D eigenvalue weighted by Gasteiger charge is -2.16. The number of aromatic nitrogens is 3. The molecule has 1 aliphatic carbocycles. The van der Waals surface area contributed by atoms with E-state index in [1.807, 2.05) is 16.7 Å². The lowest BCUT2D eigenvalue weighted by molar-refractivity contribution is 0.144. The van der Waals surface area contributed by atoms with Crippen LogP contribution in [0.3, 0.4) is 0 Å². The van der Waals surface area contributed by atoms with Crippen molar-refractivity contribution in [2.75, 3.05) is 12.3 Å². The average Bonchev–Trinajstić information content (AvgIpc) is 2.93. The zero-order valence-electron chi connectivity index (χ0n) is 9.69. The van der Waals surface area contributed by atoms with Crippen molar-refractivity contribution in [2.24, 2.45) is 0 Å². The van der Waals surface area contributed by atoms with Crippen LogP contribution in [0.15, 0.2) is 30.2 Å². The molecule has 2 heterocycles. The van der Waals surface area contributed by atoms with E-state index in [1.165, 1.54) is 0 Å². The van der Waals surface area contributed by atoms with Crippen LogP contribution in [0.25, 0.3) is 11.0 Å². The van der Waals surface area contributed by atoms with Crippen molar-refractivity contribution in [2.45, 2.75) is 18.6 Å². The molecule has 2 atom stereocenters. The van der Waals surface area contributed by atoms with Gasteiger partial charge in [0, 0.05) is 6.20 Å². The second-order valence-corrected chi connectivity index (χ2v) is 4.46. The van der Waals surface area contributed by atoms with Gasteiger partial charge in [0.05, 0.1) is 30.6 Å². The van der Waals surface area contributed by atoms with Crippen LogP contribution >= 0.6 is 0 Å². The van der Waals surface area contributed by atoms with Crippen molar-refractivity contribution in [3.8, 4) is 0 Å². The Hall–Kier alpha value is -1.92. The summed E-state index contributed by atoms with van der Waals surface area (Å²) in [5.74, 6) is 0.380. The van der Waals surface area contributed by atoms with Gasteiger partial charge in [-0.3, -0.25) is 0 Å². The van der Waals surface area contributed by atoms with E-state index in [0.717, 1.165) is 11.1 Å². The summed E-state index contributed by atoms with van der Waals surface area (Å²) in [6.45, 7) is -0.0239. The van der Waals surface area contributed by atoms with Gasteiger partial charge in [0.25, 0.3) is 0 Å². The van der Waals surface area contributed by atoms with E-state index >= 15 is 0 Å². The number of hydrogen-bond donors (Lipinski definition) is 3. The largest absolute Gasteiger partial charge is 0.392 e. The van der Waals surface area contributed by atoms with Crippen molar-refractivity contribution in [1.29, 1.82) is 0 Å². The van der Waals surface area contributed by atoms with Gasteiger partial charge in [0.2, 0.25) is 0 Å². The van der Waals surface area contributed by atoms with Crippen molar-refractivity contribution in [3.63, 3.8) is 0 Å². The highest BCUT2D eigenvalue weighted by Crippen LogP contribution is 2.31. The maximum atomic E-state index is 10.0. The van der Waals surface area contributed by atoms with E-state index in [2.05, 4.69) is 9.97 Å². The Kier molecular flexibility index (Phi) is 2.53. The Morgan fingerprint density at radius 2 is 2.28 bits per heavy atom. The number of fused-ring (bicyclic) bond motifs is 1. The molecule has 0 unspecified atom stereocenters. The zero-order chi connectivity index (χ0) is 12.7. The predicted molar refractivity (Wildman–Crippen MR) is 66.8 cm³/mol. The first-order valence-electron chi connectivity index (χ1n) is 5.76. The summed E-state index contributed by atoms with van der Waals surface area (Å²) in [5.41, 5.74) is 8.07. The number of nitrogens with zero attached hydrogens (tertiary/aromatic N) is 3. The highest BCUT2D eigenvalue weighted by molar-refractivity contribution is 5.84. The number of aliphatic hydroxyl groups is 2. The van der Waals surface area contributed by atoms with E-state index in [-0.39, 0.29) is 12.6 Å². The highest BCUT2D eigenvalue weighted by Gasteiger charge is 2.27. The third-order valence-electron chi connectivity index (χ3n) is 3.32. The fraction of sp³-hybridized carbons (Fsp3) is 0.333. The topological polar surface area (TPSA) is 97.2 Å². The second-order valence-electron chi connectivity index (χ2n) is 4.46. The molecule has 0 spiro atoms. The van der Waals surface area contributed by atoms with Crippen molar-refractivity contribution in [3.05, 3.63) is 30.2 Å². The van der Waals surface area contributed by atoms with E-state index in [4.69, 9.17) is 10.8 Å². The summed E-state index contributed by atoms with van der Waals surface area (Å²) < 4.78 is 1.86. The van der Waals surface area contributed by atoms with Crippen LogP contribution in [-0.2, 0) is 0 Å². The third kappa shape index (κ3) is 1.58. The molecule has 0 saturated carbocycles. The Balaban J connectivity index is 2.10. The molecule has 0 fully saturated rings. The summed E-state index contributed by atoms with van der Waals surface area (Å²) in [7, 11) is 0. The average molecular weight is 246 g/mol. The molecule has 1 aliphatic rings. The molecule has 94 valence electrons. The number of nitrogen functional groups attached to an aromatic ring is 1. The molecule has 18 heavy (non-hydrogen) atoms. The number of pyridine rings is 1. The fourth-order valence-electron chi connectivity index (χ4n) is 2.41. The van der Waals surface area contributed by atoms with Gasteiger partial charge in [-0.05, 0) is 18.1 Å². The van der Waals surface area contributed by atoms with Gasteiger partial charge >= 0.3 is 0 Å². The fourth-order valence-corrected chi connectivity index (χ4v) is 2.41. The van der Waals surface area contributed by atoms with E-state index in [0.29, 0.717) is 17.8 Å².